The van der Waals surface area contributed by atoms with E-state index in [1.165, 1.54) is 0 Å². The number of hydrogen-bond acceptors (Lipinski definition) is 3. The normalized spacial score (nSPS) is 39.4. The summed E-state index contributed by atoms with van der Waals surface area (Å²) in [6.07, 6.45) is 0.284. The van der Waals surface area contributed by atoms with Crippen molar-refractivity contribution < 1.29 is 10.2 Å². The molecule has 1 fully saturated rings. The van der Waals surface area contributed by atoms with Gasteiger partial charge < -0.3 is 15.9 Å². The second kappa shape index (κ2) is 2.01. The quantitative estimate of drug-likeness (QED) is 0.420. The van der Waals surface area contributed by atoms with Gasteiger partial charge in [-0.15, -0.1) is 0 Å². The van der Waals surface area contributed by atoms with E-state index < -0.39 is 6.10 Å². The van der Waals surface area contributed by atoms with Crippen LogP contribution in [0.1, 0.15) is 6.42 Å². The first kappa shape index (κ1) is 6.01. The molecule has 0 spiro atoms. The van der Waals surface area contributed by atoms with Gasteiger partial charge in [-0.2, -0.15) is 0 Å². The lowest BCUT2D eigenvalue weighted by molar-refractivity contribution is 0.0766. The van der Waals surface area contributed by atoms with Crippen molar-refractivity contribution in [1.29, 1.82) is 0 Å². The van der Waals surface area contributed by atoms with E-state index in [0.717, 1.165) is 6.42 Å². The molecule has 1 saturated carbocycles. The fraction of sp³-hybridized carbons (Fsp3) is 1.00. The fourth-order valence-corrected chi connectivity index (χ4v) is 0.814. The molecule has 0 aromatic rings. The zero-order chi connectivity index (χ0) is 6.15. The standard InChI is InChI=1S/C5H11NO2/c6-4-1-3(4)5(8)2-7/h3-5,7-8H,1-2,6H2. The Labute approximate surface area is 48.1 Å². The van der Waals surface area contributed by atoms with Gasteiger partial charge in [0.2, 0.25) is 0 Å². The predicted molar refractivity (Wildman–Crippen MR) is 29.2 cm³/mol. The second-order valence-electron chi connectivity index (χ2n) is 2.31. The molecule has 1 aliphatic carbocycles. The second-order valence-corrected chi connectivity index (χ2v) is 2.31. The summed E-state index contributed by atoms with van der Waals surface area (Å²) >= 11 is 0. The topological polar surface area (TPSA) is 66.5 Å². The molecule has 0 radical (unpaired) electrons. The van der Waals surface area contributed by atoms with Crippen molar-refractivity contribution in [3.8, 4) is 0 Å². The Morgan fingerprint density at radius 3 is 2.38 bits per heavy atom. The van der Waals surface area contributed by atoms with E-state index in [4.69, 9.17) is 15.9 Å². The molecule has 0 amide bonds. The lowest BCUT2D eigenvalue weighted by Crippen LogP contribution is -2.19. The lowest BCUT2D eigenvalue weighted by atomic mass is 10.2. The van der Waals surface area contributed by atoms with E-state index in [1.807, 2.05) is 0 Å². The van der Waals surface area contributed by atoms with Crippen molar-refractivity contribution in [1.82, 2.24) is 0 Å². The minimum atomic E-state index is -0.579. The minimum absolute atomic E-state index is 0.136. The highest BCUT2D eigenvalue weighted by molar-refractivity contribution is 4.94. The molecule has 8 heavy (non-hydrogen) atoms. The van der Waals surface area contributed by atoms with E-state index in [-0.39, 0.29) is 18.6 Å². The van der Waals surface area contributed by atoms with Crippen LogP contribution in [0.5, 0.6) is 0 Å². The monoisotopic (exact) mass is 117 g/mol. The Morgan fingerprint density at radius 1 is 1.75 bits per heavy atom. The first-order valence-corrected chi connectivity index (χ1v) is 2.80. The van der Waals surface area contributed by atoms with Crippen molar-refractivity contribution in [2.75, 3.05) is 6.61 Å². The Hall–Kier alpha value is -0.120. The molecule has 1 rings (SSSR count). The number of aliphatic hydroxyl groups excluding tert-OH is 2. The zero-order valence-corrected chi connectivity index (χ0v) is 4.62. The number of aliphatic hydroxyl groups is 2. The van der Waals surface area contributed by atoms with E-state index in [1.54, 1.807) is 0 Å². The summed E-state index contributed by atoms with van der Waals surface area (Å²) in [5.74, 6) is 0.167. The minimum Gasteiger partial charge on any atom is -0.394 e. The number of hydrogen-bond donors (Lipinski definition) is 3. The Balaban J connectivity index is 2.18. The van der Waals surface area contributed by atoms with Crippen LogP contribution in [0.2, 0.25) is 0 Å². The molecular formula is C5H11NO2. The van der Waals surface area contributed by atoms with Gasteiger partial charge in [-0.25, -0.2) is 0 Å². The summed E-state index contributed by atoms with van der Waals surface area (Å²) in [4.78, 5) is 0. The van der Waals surface area contributed by atoms with E-state index >= 15 is 0 Å². The first-order chi connectivity index (χ1) is 3.75. The first-order valence-electron chi connectivity index (χ1n) is 2.80. The third-order valence-electron chi connectivity index (χ3n) is 1.57. The molecule has 0 aromatic heterocycles. The van der Waals surface area contributed by atoms with Crippen LogP contribution < -0.4 is 5.73 Å². The van der Waals surface area contributed by atoms with Crippen LogP contribution in [-0.4, -0.2) is 29.0 Å². The Kier molecular flexibility index (Phi) is 1.51. The van der Waals surface area contributed by atoms with Crippen LogP contribution in [0.25, 0.3) is 0 Å². The lowest BCUT2D eigenvalue weighted by Gasteiger charge is -2.01. The van der Waals surface area contributed by atoms with Gasteiger partial charge in [-0.1, -0.05) is 0 Å². The Morgan fingerprint density at radius 2 is 2.25 bits per heavy atom. The highest BCUT2D eigenvalue weighted by Crippen LogP contribution is 2.30. The zero-order valence-electron chi connectivity index (χ0n) is 4.62. The molecule has 0 aromatic carbocycles. The Bertz CT molecular complexity index is 84.5. The van der Waals surface area contributed by atoms with E-state index in [9.17, 15) is 0 Å². The molecule has 4 N–H and O–H groups in total. The van der Waals surface area contributed by atoms with Gasteiger partial charge in [-0.3, -0.25) is 0 Å². The van der Waals surface area contributed by atoms with Crippen molar-refractivity contribution in [3.05, 3.63) is 0 Å². The maximum atomic E-state index is 8.84. The molecular weight excluding hydrogens is 106 g/mol. The van der Waals surface area contributed by atoms with Gasteiger partial charge in [0.25, 0.3) is 0 Å². The number of rotatable bonds is 2. The molecule has 1 aliphatic rings. The highest BCUT2D eigenvalue weighted by atomic mass is 16.3. The summed E-state index contributed by atoms with van der Waals surface area (Å²) in [7, 11) is 0. The fourth-order valence-electron chi connectivity index (χ4n) is 0.814. The highest BCUT2D eigenvalue weighted by Gasteiger charge is 2.38. The van der Waals surface area contributed by atoms with Crippen LogP contribution in [0.4, 0.5) is 0 Å². The van der Waals surface area contributed by atoms with Crippen molar-refractivity contribution in [2.24, 2.45) is 11.7 Å². The van der Waals surface area contributed by atoms with Gasteiger partial charge >= 0.3 is 0 Å². The number of nitrogens with two attached hydrogens (primary N) is 1. The van der Waals surface area contributed by atoms with Gasteiger partial charge in [-0.05, 0) is 6.42 Å². The van der Waals surface area contributed by atoms with Gasteiger partial charge in [0.15, 0.2) is 0 Å². The summed E-state index contributed by atoms with van der Waals surface area (Å²) in [5, 5.41) is 17.2. The van der Waals surface area contributed by atoms with E-state index in [0.29, 0.717) is 0 Å². The summed E-state index contributed by atoms with van der Waals surface area (Å²) in [6, 6.07) is 0.136. The van der Waals surface area contributed by atoms with Crippen molar-refractivity contribution in [2.45, 2.75) is 18.6 Å². The molecule has 0 aliphatic heterocycles. The van der Waals surface area contributed by atoms with Crippen molar-refractivity contribution >= 4 is 0 Å². The molecule has 3 nitrogen and oxygen atoms in total. The van der Waals surface area contributed by atoms with Crippen LogP contribution in [0.3, 0.4) is 0 Å². The predicted octanol–water partition coefficient (Wildman–Crippen LogP) is -1.31. The van der Waals surface area contributed by atoms with Crippen LogP contribution >= 0.6 is 0 Å². The molecule has 0 bridgehead atoms. The maximum Gasteiger partial charge on any atom is 0.0814 e. The third kappa shape index (κ3) is 0.992. The largest absolute Gasteiger partial charge is 0.394 e. The molecule has 3 atom stereocenters. The molecule has 3 heteroatoms. The van der Waals surface area contributed by atoms with E-state index in [2.05, 4.69) is 0 Å². The average Bonchev–Trinajstić information content (AvgIpc) is 2.45. The summed E-state index contributed by atoms with van der Waals surface area (Å²) in [6.45, 7) is -0.154. The van der Waals surface area contributed by atoms with Crippen LogP contribution in [-0.2, 0) is 0 Å². The smallest absolute Gasteiger partial charge is 0.0814 e. The molecule has 48 valence electrons. The van der Waals surface area contributed by atoms with Gasteiger partial charge in [0.1, 0.15) is 0 Å². The van der Waals surface area contributed by atoms with Gasteiger partial charge in [0.05, 0.1) is 12.7 Å². The van der Waals surface area contributed by atoms with Crippen LogP contribution in [0.15, 0.2) is 0 Å². The maximum absolute atomic E-state index is 8.84. The summed E-state index contributed by atoms with van der Waals surface area (Å²) in [5.41, 5.74) is 5.37. The van der Waals surface area contributed by atoms with Gasteiger partial charge in [0, 0.05) is 12.0 Å². The molecule has 0 heterocycles. The third-order valence-corrected chi connectivity index (χ3v) is 1.57. The molecule has 3 unspecified atom stereocenters. The van der Waals surface area contributed by atoms with Crippen LogP contribution in [0, 0.1) is 5.92 Å². The summed E-state index contributed by atoms with van der Waals surface area (Å²) < 4.78 is 0. The molecule has 0 saturated heterocycles. The average molecular weight is 117 g/mol. The SMILES string of the molecule is NC1CC1C(O)CO. The van der Waals surface area contributed by atoms with Crippen molar-refractivity contribution in [3.63, 3.8) is 0 Å².